The van der Waals surface area contributed by atoms with Crippen LogP contribution in [0.3, 0.4) is 0 Å². The molecule has 0 atom stereocenters. The molecule has 0 N–H and O–H groups in total. The van der Waals surface area contributed by atoms with Crippen LogP contribution in [0, 0.1) is 0 Å². The van der Waals surface area contributed by atoms with Crippen molar-refractivity contribution >= 4 is 17.3 Å². The molecule has 1 aromatic carbocycles. The van der Waals surface area contributed by atoms with Gasteiger partial charge in [-0.25, -0.2) is 0 Å². The normalized spacial score (nSPS) is 12.1. The van der Waals surface area contributed by atoms with Crippen molar-refractivity contribution in [3.8, 4) is 0 Å². The molecule has 0 radical (unpaired) electrons. The number of aliphatic imine (C=N–C) groups is 1. The summed E-state index contributed by atoms with van der Waals surface area (Å²) in [6, 6.07) is 10.8. The molecule has 1 rings (SSSR count). The van der Waals surface area contributed by atoms with E-state index in [0.717, 1.165) is 25.1 Å². The number of halogens is 1. The van der Waals surface area contributed by atoms with E-state index < -0.39 is 0 Å². The van der Waals surface area contributed by atoms with Gasteiger partial charge in [0, 0.05) is 17.6 Å². The first-order chi connectivity index (χ1) is 7.74. The molecule has 0 aliphatic heterocycles. The van der Waals surface area contributed by atoms with E-state index in [0.29, 0.717) is 6.04 Å². The van der Waals surface area contributed by atoms with Gasteiger partial charge in [-0.3, -0.25) is 4.99 Å². The largest absolute Gasteiger partial charge is 0.286 e. The zero-order valence-corrected chi connectivity index (χ0v) is 10.9. The number of rotatable bonds is 6. The Hall–Kier alpha value is -0.820. The lowest BCUT2D eigenvalue weighted by Crippen LogP contribution is -2.05. The van der Waals surface area contributed by atoms with Crippen LogP contribution in [-0.4, -0.2) is 17.6 Å². The standard InChI is InChI=1S/C14H20ClN/c1-12(2)16-14(10-6-7-11-15)13-8-4-3-5-9-13/h3-5,8-9,12H,6-7,10-11H2,1-2H3. The lowest BCUT2D eigenvalue weighted by Gasteiger charge is -2.08. The first kappa shape index (κ1) is 13.2. The third-order valence-electron chi connectivity index (χ3n) is 2.32. The van der Waals surface area contributed by atoms with Crippen molar-refractivity contribution in [2.75, 3.05) is 5.88 Å². The van der Waals surface area contributed by atoms with Crippen molar-refractivity contribution in [2.24, 2.45) is 4.99 Å². The number of hydrogen-bond acceptors (Lipinski definition) is 1. The predicted molar refractivity (Wildman–Crippen MR) is 72.7 cm³/mol. The van der Waals surface area contributed by atoms with Crippen LogP contribution < -0.4 is 0 Å². The van der Waals surface area contributed by atoms with Crippen molar-refractivity contribution in [2.45, 2.75) is 39.2 Å². The third-order valence-corrected chi connectivity index (χ3v) is 2.59. The minimum absolute atomic E-state index is 0.353. The highest BCUT2D eigenvalue weighted by molar-refractivity contribution is 6.17. The van der Waals surface area contributed by atoms with Gasteiger partial charge in [-0.15, -0.1) is 11.6 Å². The molecule has 16 heavy (non-hydrogen) atoms. The van der Waals surface area contributed by atoms with Crippen LogP contribution in [-0.2, 0) is 0 Å². The molecule has 0 aliphatic rings. The van der Waals surface area contributed by atoms with Crippen molar-refractivity contribution in [1.82, 2.24) is 0 Å². The molecule has 0 saturated carbocycles. The van der Waals surface area contributed by atoms with Crippen molar-refractivity contribution in [1.29, 1.82) is 0 Å². The molecule has 0 bridgehead atoms. The molecule has 0 heterocycles. The Morgan fingerprint density at radius 1 is 1.19 bits per heavy atom. The number of alkyl halides is 1. The summed E-state index contributed by atoms with van der Waals surface area (Å²) < 4.78 is 0. The number of unbranched alkanes of at least 4 members (excludes halogenated alkanes) is 1. The Bertz CT molecular complexity index is 317. The fourth-order valence-corrected chi connectivity index (χ4v) is 1.80. The second-order valence-electron chi connectivity index (χ2n) is 4.18. The van der Waals surface area contributed by atoms with E-state index in [-0.39, 0.29) is 0 Å². The van der Waals surface area contributed by atoms with Crippen molar-refractivity contribution < 1.29 is 0 Å². The van der Waals surface area contributed by atoms with Crippen LogP contribution in [0.2, 0.25) is 0 Å². The Labute approximate surface area is 104 Å². The van der Waals surface area contributed by atoms with Gasteiger partial charge in [0.1, 0.15) is 0 Å². The van der Waals surface area contributed by atoms with E-state index in [1.807, 2.05) is 6.07 Å². The molecular formula is C14H20ClN. The summed E-state index contributed by atoms with van der Waals surface area (Å²) in [6.45, 7) is 4.23. The van der Waals surface area contributed by atoms with Crippen molar-refractivity contribution in [3.05, 3.63) is 35.9 Å². The van der Waals surface area contributed by atoms with Crippen LogP contribution in [0.4, 0.5) is 0 Å². The van der Waals surface area contributed by atoms with E-state index in [4.69, 9.17) is 16.6 Å². The number of benzene rings is 1. The van der Waals surface area contributed by atoms with Crippen LogP contribution in [0.25, 0.3) is 0 Å². The molecule has 0 saturated heterocycles. The van der Waals surface area contributed by atoms with Gasteiger partial charge in [0.2, 0.25) is 0 Å². The summed E-state index contributed by atoms with van der Waals surface area (Å²) in [5.74, 6) is 0.740. The average molecular weight is 238 g/mol. The lowest BCUT2D eigenvalue weighted by atomic mass is 10.0. The van der Waals surface area contributed by atoms with Crippen LogP contribution in [0.1, 0.15) is 38.7 Å². The highest BCUT2D eigenvalue weighted by atomic mass is 35.5. The predicted octanol–water partition coefficient (Wildman–Crippen LogP) is 4.29. The highest BCUT2D eigenvalue weighted by Crippen LogP contribution is 2.10. The molecule has 88 valence electrons. The van der Waals surface area contributed by atoms with Gasteiger partial charge in [0.15, 0.2) is 0 Å². The van der Waals surface area contributed by atoms with Crippen LogP contribution >= 0.6 is 11.6 Å². The van der Waals surface area contributed by atoms with Crippen LogP contribution in [0.15, 0.2) is 35.3 Å². The van der Waals surface area contributed by atoms with Gasteiger partial charge in [0.25, 0.3) is 0 Å². The third kappa shape index (κ3) is 4.80. The van der Waals surface area contributed by atoms with E-state index >= 15 is 0 Å². The summed E-state index contributed by atoms with van der Waals surface area (Å²) in [5, 5.41) is 0. The summed E-state index contributed by atoms with van der Waals surface area (Å²) in [5.41, 5.74) is 2.45. The maximum Gasteiger partial charge on any atom is 0.0446 e. The molecular weight excluding hydrogens is 218 g/mol. The van der Waals surface area contributed by atoms with Gasteiger partial charge in [-0.05, 0) is 38.7 Å². The van der Waals surface area contributed by atoms with Crippen molar-refractivity contribution in [3.63, 3.8) is 0 Å². The quantitative estimate of drug-likeness (QED) is 0.398. The number of nitrogens with zero attached hydrogens (tertiary/aromatic N) is 1. The maximum absolute atomic E-state index is 5.70. The molecule has 0 aliphatic carbocycles. The average Bonchev–Trinajstić information content (AvgIpc) is 2.29. The van der Waals surface area contributed by atoms with Gasteiger partial charge >= 0.3 is 0 Å². The minimum Gasteiger partial charge on any atom is -0.286 e. The Morgan fingerprint density at radius 3 is 2.44 bits per heavy atom. The maximum atomic E-state index is 5.70. The van der Waals surface area contributed by atoms with E-state index in [1.54, 1.807) is 0 Å². The molecule has 0 amide bonds. The molecule has 1 aromatic rings. The summed E-state index contributed by atoms with van der Waals surface area (Å²) in [6.07, 6.45) is 3.20. The van der Waals surface area contributed by atoms with E-state index in [2.05, 4.69) is 38.1 Å². The Balaban J connectivity index is 2.72. The second-order valence-corrected chi connectivity index (χ2v) is 4.56. The van der Waals surface area contributed by atoms with E-state index in [1.165, 1.54) is 11.3 Å². The van der Waals surface area contributed by atoms with E-state index in [9.17, 15) is 0 Å². The first-order valence-corrected chi connectivity index (χ1v) is 6.45. The van der Waals surface area contributed by atoms with Crippen LogP contribution in [0.5, 0.6) is 0 Å². The monoisotopic (exact) mass is 237 g/mol. The Morgan fingerprint density at radius 2 is 1.88 bits per heavy atom. The first-order valence-electron chi connectivity index (χ1n) is 5.92. The zero-order valence-electron chi connectivity index (χ0n) is 10.1. The van der Waals surface area contributed by atoms with Gasteiger partial charge in [-0.1, -0.05) is 30.3 Å². The molecule has 0 spiro atoms. The summed E-state index contributed by atoms with van der Waals surface area (Å²) in [7, 11) is 0. The highest BCUT2D eigenvalue weighted by Gasteiger charge is 2.03. The summed E-state index contributed by atoms with van der Waals surface area (Å²) >= 11 is 5.70. The fraction of sp³-hybridized carbons (Fsp3) is 0.500. The second kappa shape index (κ2) is 7.45. The topological polar surface area (TPSA) is 12.4 Å². The Kier molecular flexibility index (Phi) is 6.17. The smallest absolute Gasteiger partial charge is 0.0446 e. The zero-order chi connectivity index (χ0) is 11.8. The minimum atomic E-state index is 0.353. The molecule has 1 nitrogen and oxygen atoms in total. The van der Waals surface area contributed by atoms with Gasteiger partial charge < -0.3 is 0 Å². The fourth-order valence-electron chi connectivity index (χ4n) is 1.61. The SMILES string of the molecule is CC(C)N=C(CCCCCl)c1ccccc1. The molecule has 2 heteroatoms. The molecule has 0 fully saturated rings. The molecule has 0 aromatic heterocycles. The molecule has 0 unspecified atom stereocenters. The van der Waals surface area contributed by atoms with Gasteiger partial charge in [0.05, 0.1) is 0 Å². The lowest BCUT2D eigenvalue weighted by molar-refractivity contribution is 0.802. The summed E-state index contributed by atoms with van der Waals surface area (Å²) in [4.78, 5) is 4.69. The van der Waals surface area contributed by atoms with Gasteiger partial charge in [-0.2, -0.15) is 0 Å². The number of hydrogen-bond donors (Lipinski definition) is 0.